The van der Waals surface area contributed by atoms with Gasteiger partial charge in [0, 0.05) is 22.0 Å². The summed E-state index contributed by atoms with van der Waals surface area (Å²) in [6.45, 7) is 2.07. The highest BCUT2D eigenvalue weighted by molar-refractivity contribution is 6.31. The predicted molar refractivity (Wildman–Crippen MR) is 87.9 cm³/mol. The molecule has 106 valence electrons. The third kappa shape index (κ3) is 2.22. The van der Waals surface area contributed by atoms with Crippen LogP contribution >= 0.6 is 11.6 Å². The van der Waals surface area contributed by atoms with E-state index < -0.39 is 0 Å². The van der Waals surface area contributed by atoms with E-state index in [1.54, 1.807) is 0 Å². The zero-order valence-corrected chi connectivity index (χ0v) is 12.6. The van der Waals surface area contributed by atoms with Crippen molar-refractivity contribution in [2.75, 3.05) is 5.43 Å². The number of aromatic nitrogens is 1. The number of benzene rings is 1. The number of nitrogens with zero attached hydrogens (tertiary/aromatic N) is 2. The number of fused-ring (bicyclic) bond motifs is 2. The zero-order chi connectivity index (χ0) is 14.4. The first-order valence-corrected chi connectivity index (χ1v) is 7.64. The topological polar surface area (TPSA) is 37.3 Å². The monoisotopic (exact) mass is 297 g/mol. The largest absolute Gasteiger partial charge is 0.261 e. The minimum Gasteiger partial charge on any atom is -0.261 e. The Morgan fingerprint density at radius 3 is 3.10 bits per heavy atom. The fourth-order valence-electron chi connectivity index (χ4n) is 3.22. The van der Waals surface area contributed by atoms with Crippen LogP contribution < -0.4 is 5.43 Å². The molecule has 0 aliphatic heterocycles. The summed E-state index contributed by atoms with van der Waals surface area (Å²) in [5.74, 6) is 2.14. The maximum Gasteiger partial charge on any atom is 0.147 e. The summed E-state index contributed by atoms with van der Waals surface area (Å²) in [5.41, 5.74) is 6.48. The highest BCUT2D eigenvalue weighted by Crippen LogP contribution is 2.40. The van der Waals surface area contributed by atoms with Gasteiger partial charge in [0.2, 0.25) is 0 Å². The lowest BCUT2D eigenvalue weighted by Crippen LogP contribution is -2.33. The second-order valence-corrected chi connectivity index (χ2v) is 6.28. The Morgan fingerprint density at radius 1 is 1.33 bits per heavy atom. The molecule has 1 fully saturated rings. The summed E-state index contributed by atoms with van der Waals surface area (Å²) in [6.07, 6.45) is 6.79. The van der Waals surface area contributed by atoms with Crippen LogP contribution in [0.2, 0.25) is 5.02 Å². The second-order valence-electron chi connectivity index (χ2n) is 5.84. The Hall–Kier alpha value is -1.87. The molecule has 21 heavy (non-hydrogen) atoms. The summed E-state index contributed by atoms with van der Waals surface area (Å²) in [7, 11) is 0. The number of halogens is 1. The lowest BCUT2D eigenvalue weighted by Gasteiger charge is -2.31. The van der Waals surface area contributed by atoms with E-state index >= 15 is 0 Å². The van der Waals surface area contributed by atoms with Crippen molar-refractivity contribution in [1.82, 2.24) is 4.98 Å². The summed E-state index contributed by atoms with van der Waals surface area (Å²) >= 11 is 6.04. The summed E-state index contributed by atoms with van der Waals surface area (Å²) in [6, 6.07) is 7.79. The Balaban J connectivity index is 1.60. The molecule has 2 aliphatic rings. The molecule has 2 aromatic rings. The third-order valence-electron chi connectivity index (χ3n) is 4.45. The molecule has 0 amide bonds. The molecule has 0 spiro atoms. The van der Waals surface area contributed by atoms with Crippen molar-refractivity contribution in [2.24, 2.45) is 16.9 Å². The van der Waals surface area contributed by atoms with Gasteiger partial charge in [-0.1, -0.05) is 23.8 Å². The van der Waals surface area contributed by atoms with Gasteiger partial charge in [-0.15, -0.1) is 0 Å². The van der Waals surface area contributed by atoms with E-state index in [1.807, 2.05) is 24.3 Å². The number of pyridine rings is 1. The number of rotatable bonds is 2. The maximum absolute atomic E-state index is 6.04. The van der Waals surface area contributed by atoms with E-state index in [0.717, 1.165) is 46.1 Å². The molecule has 1 saturated carbocycles. The molecule has 2 atom stereocenters. The predicted octanol–water partition coefficient (Wildman–Crippen LogP) is 4.56. The van der Waals surface area contributed by atoms with Crippen LogP contribution in [0.15, 0.2) is 41.5 Å². The van der Waals surface area contributed by atoms with Crippen molar-refractivity contribution >= 4 is 34.0 Å². The van der Waals surface area contributed by atoms with Gasteiger partial charge < -0.3 is 0 Å². The van der Waals surface area contributed by atoms with Crippen LogP contribution in [0.1, 0.15) is 18.4 Å². The molecule has 1 aromatic heterocycles. The van der Waals surface area contributed by atoms with Gasteiger partial charge in [-0.3, -0.25) is 5.43 Å². The lowest BCUT2D eigenvalue weighted by molar-refractivity contribution is 0.466. The minimum absolute atomic E-state index is 0.623. The van der Waals surface area contributed by atoms with Crippen molar-refractivity contribution in [1.29, 1.82) is 0 Å². The molecule has 1 heterocycles. The van der Waals surface area contributed by atoms with E-state index in [2.05, 4.69) is 34.6 Å². The maximum atomic E-state index is 6.04. The number of hydrazone groups is 1. The second kappa shape index (κ2) is 4.85. The van der Waals surface area contributed by atoms with Gasteiger partial charge in [-0.25, -0.2) is 4.98 Å². The average molecular weight is 298 g/mol. The Kier molecular flexibility index (Phi) is 2.96. The first kappa shape index (κ1) is 12.8. The molecule has 0 bridgehead atoms. The SMILES string of the molecule is Cc1cc(N/N=C2\C[C@@H]3C=CC[C@@H]23)nc2ccc(Cl)cc12. The van der Waals surface area contributed by atoms with Crippen LogP contribution in [0.5, 0.6) is 0 Å². The molecule has 1 N–H and O–H groups in total. The Labute approximate surface area is 128 Å². The highest BCUT2D eigenvalue weighted by Gasteiger charge is 2.37. The number of aryl methyl sites for hydroxylation is 1. The molecule has 3 nitrogen and oxygen atoms in total. The molecular weight excluding hydrogens is 282 g/mol. The number of hydrogen-bond acceptors (Lipinski definition) is 3. The van der Waals surface area contributed by atoms with Crippen molar-refractivity contribution in [2.45, 2.75) is 19.8 Å². The van der Waals surface area contributed by atoms with Crippen LogP contribution in [0, 0.1) is 18.8 Å². The highest BCUT2D eigenvalue weighted by atomic mass is 35.5. The van der Waals surface area contributed by atoms with Crippen LogP contribution in [-0.2, 0) is 0 Å². The zero-order valence-electron chi connectivity index (χ0n) is 11.8. The van der Waals surface area contributed by atoms with Crippen molar-refractivity contribution < 1.29 is 0 Å². The quantitative estimate of drug-likeness (QED) is 0.651. The van der Waals surface area contributed by atoms with Gasteiger partial charge in [0.05, 0.1) is 5.52 Å². The summed E-state index contributed by atoms with van der Waals surface area (Å²) < 4.78 is 0. The standard InChI is InChI=1S/C17H16ClN3/c1-10-7-17(19-15-6-5-12(18)9-14(10)15)21-20-16-8-11-3-2-4-13(11)16/h2-3,5-7,9,11,13H,4,8H2,1H3,(H,19,21)/b20-16+/t11-,13+/m0/s1. The lowest BCUT2D eigenvalue weighted by atomic mass is 9.74. The number of hydrogen-bond donors (Lipinski definition) is 1. The number of anilines is 1. The van der Waals surface area contributed by atoms with Gasteiger partial charge in [0.1, 0.15) is 5.82 Å². The fraction of sp³-hybridized carbons (Fsp3) is 0.294. The van der Waals surface area contributed by atoms with Gasteiger partial charge in [-0.05, 0) is 55.5 Å². The van der Waals surface area contributed by atoms with Gasteiger partial charge in [0.25, 0.3) is 0 Å². The van der Waals surface area contributed by atoms with Crippen LogP contribution in [0.4, 0.5) is 5.82 Å². The number of nitrogens with one attached hydrogen (secondary N) is 1. The average Bonchev–Trinajstić information content (AvgIpc) is 2.81. The van der Waals surface area contributed by atoms with Crippen molar-refractivity contribution in [3.05, 3.63) is 47.0 Å². The van der Waals surface area contributed by atoms with Crippen LogP contribution in [0.3, 0.4) is 0 Å². The van der Waals surface area contributed by atoms with Crippen molar-refractivity contribution in [3.63, 3.8) is 0 Å². The van der Waals surface area contributed by atoms with E-state index in [-0.39, 0.29) is 0 Å². The Bertz CT molecular complexity index is 779. The Morgan fingerprint density at radius 2 is 2.24 bits per heavy atom. The smallest absolute Gasteiger partial charge is 0.147 e. The minimum atomic E-state index is 0.623. The fourth-order valence-corrected chi connectivity index (χ4v) is 3.39. The van der Waals surface area contributed by atoms with Crippen molar-refractivity contribution in [3.8, 4) is 0 Å². The molecular formula is C17H16ClN3. The first-order chi connectivity index (χ1) is 10.2. The van der Waals surface area contributed by atoms with Gasteiger partial charge in [0.15, 0.2) is 0 Å². The van der Waals surface area contributed by atoms with Gasteiger partial charge >= 0.3 is 0 Å². The molecule has 0 radical (unpaired) electrons. The first-order valence-electron chi connectivity index (χ1n) is 7.27. The molecule has 0 saturated heterocycles. The molecule has 4 heteroatoms. The summed E-state index contributed by atoms with van der Waals surface area (Å²) in [4.78, 5) is 4.60. The number of allylic oxidation sites excluding steroid dienone is 2. The molecule has 2 aliphatic carbocycles. The molecule has 4 rings (SSSR count). The van der Waals surface area contributed by atoms with E-state index in [1.165, 1.54) is 5.71 Å². The molecule has 0 unspecified atom stereocenters. The third-order valence-corrected chi connectivity index (χ3v) is 4.69. The van der Waals surface area contributed by atoms with Crippen LogP contribution in [0.25, 0.3) is 10.9 Å². The normalized spacial score (nSPS) is 25.1. The van der Waals surface area contributed by atoms with E-state index in [9.17, 15) is 0 Å². The molecule has 1 aromatic carbocycles. The van der Waals surface area contributed by atoms with E-state index in [4.69, 9.17) is 11.6 Å². The van der Waals surface area contributed by atoms with E-state index in [0.29, 0.717) is 5.92 Å². The van der Waals surface area contributed by atoms with Gasteiger partial charge in [-0.2, -0.15) is 5.10 Å². The summed E-state index contributed by atoms with van der Waals surface area (Å²) in [5, 5.41) is 6.37. The van der Waals surface area contributed by atoms with Crippen LogP contribution in [-0.4, -0.2) is 10.7 Å².